The molecule has 0 saturated carbocycles. The van der Waals surface area contributed by atoms with Gasteiger partial charge >= 0.3 is 0 Å². The average Bonchev–Trinajstić information content (AvgIpc) is 2.79. The molecule has 6 heteroatoms. The van der Waals surface area contributed by atoms with Gasteiger partial charge in [-0.2, -0.15) is 5.10 Å². The molecule has 0 bridgehead atoms. The van der Waals surface area contributed by atoms with Gasteiger partial charge in [0, 0.05) is 5.41 Å². The highest BCUT2D eigenvalue weighted by molar-refractivity contribution is 5.82. The highest BCUT2D eigenvalue weighted by Crippen LogP contribution is 2.27. The van der Waals surface area contributed by atoms with Crippen LogP contribution in [0.4, 0.5) is 0 Å². The van der Waals surface area contributed by atoms with E-state index < -0.39 is 0 Å². The molecular formula is C10H17N5O. The summed E-state index contributed by atoms with van der Waals surface area (Å²) in [6.07, 6.45) is 3.21. The summed E-state index contributed by atoms with van der Waals surface area (Å²) in [5.74, 6) is 0.788. The third-order valence-electron chi connectivity index (χ3n) is 3.14. The van der Waals surface area contributed by atoms with E-state index in [1.165, 1.54) is 6.33 Å². The number of carbonyl (C=O) groups is 1. The first-order valence-electron chi connectivity index (χ1n) is 5.54. The van der Waals surface area contributed by atoms with Crippen molar-refractivity contribution >= 4 is 5.91 Å². The van der Waals surface area contributed by atoms with Crippen molar-refractivity contribution in [2.75, 3.05) is 13.1 Å². The fraction of sp³-hybridized carbons (Fsp3) is 0.700. The Bertz CT molecular complexity index is 342. The number of rotatable bonds is 3. The third kappa shape index (κ3) is 2.38. The number of nitrogens with one attached hydrogen (secondary N) is 3. The molecule has 6 nitrogen and oxygen atoms in total. The van der Waals surface area contributed by atoms with Crippen molar-refractivity contribution in [3.8, 4) is 0 Å². The Labute approximate surface area is 94.2 Å². The van der Waals surface area contributed by atoms with E-state index in [0.29, 0.717) is 12.4 Å². The van der Waals surface area contributed by atoms with Gasteiger partial charge in [-0.05, 0) is 25.9 Å². The lowest BCUT2D eigenvalue weighted by Gasteiger charge is -2.32. The molecule has 1 aliphatic heterocycles. The molecule has 1 aromatic heterocycles. The Balaban J connectivity index is 1.87. The first-order valence-corrected chi connectivity index (χ1v) is 5.54. The fourth-order valence-electron chi connectivity index (χ4n) is 1.90. The van der Waals surface area contributed by atoms with E-state index >= 15 is 0 Å². The van der Waals surface area contributed by atoms with Crippen LogP contribution >= 0.6 is 0 Å². The number of piperidine rings is 1. The van der Waals surface area contributed by atoms with Crippen LogP contribution < -0.4 is 10.6 Å². The van der Waals surface area contributed by atoms with Crippen LogP contribution in [0.5, 0.6) is 0 Å². The number of nitrogens with zero attached hydrogens (tertiary/aromatic N) is 2. The molecule has 0 spiro atoms. The third-order valence-corrected chi connectivity index (χ3v) is 3.14. The Morgan fingerprint density at radius 3 is 2.94 bits per heavy atom. The van der Waals surface area contributed by atoms with Crippen molar-refractivity contribution < 1.29 is 4.79 Å². The predicted octanol–water partition coefficient (Wildman–Crippen LogP) is -0.189. The summed E-state index contributed by atoms with van der Waals surface area (Å²) >= 11 is 0. The molecule has 2 rings (SSSR count). The Kier molecular flexibility index (Phi) is 3.19. The van der Waals surface area contributed by atoms with Crippen LogP contribution in [0.25, 0.3) is 0 Å². The molecule has 3 N–H and O–H groups in total. The minimum absolute atomic E-state index is 0.102. The molecule has 0 atom stereocenters. The molecule has 0 radical (unpaired) electrons. The lowest BCUT2D eigenvalue weighted by Crippen LogP contribution is -2.45. The van der Waals surface area contributed by atoms with Gasteiger partial charge < -0.3 is 10.6 Å². The SMILES string of the molecule is CC1(C(=O)NCc2ncn[nH]2)CCNCC1. The van der Waals surface area contributed by atoms with Crippen molar-refractivity contribution in [3.63, 3.8) is 0 Å². The zero-order valence-corrected chi connectivity index (χ0v) is 9.42. The maximum atomic E-state index is 12.0. The monoisotopic (exact) mass is 223 g/mol. The number of aromatic amines is 1. The zero-order valence-electron chi connectivity index (χ0n) is 9.42. The number of aromatic nitrogens is 3. The second kappa shape index (κ2) is 4.61. The predicted molar refractivity (Wildman–Crippen MR) is 58.4 cm³/mol. The standard InChI is InChI=1S/C10H17N5O/c1-10(2-4-11-5-3-10)9(16)12-6-8-13-7-14-15-8/h7,11H,2-6H2,1H3,(H,12,16)(H,13,14,15). The van der Waals surface area contributed by atoms with Gasteiger partial charge in [-0.25, -0.2) is 4.98 Å². The molecule has 0 aromatic carbocycles. The second-order valence-corrected chi connectivity index (χ2v) is 4.43. The number of hydrogen-bond donors (Lipinski definition) is 3. The number of carbonyl (C=O) groups excluding carboxylic acids is 1. The van der Waals surface area contributed by atoms with Gasteiger partial charge in [0.25, 0.3) is 0 Å². The highest BCUT2D eigenvalue weighted by atomic mass is 16.2. The minimum Gasteiger partial charge on any atom is -0.348 e. The summed E-state index contributed by atoms with van der Waals surface area (Å²) < 4.78 is 0. The second-order valence-electron chi connectivity index (χ2n) is 4.43. The lowest BCUT2D eigenvalue weighted by molar-refractivity contribution is -0.131. The zero-order chi connectivity index (χ0) is 11.4. The largest absolute Gasteiger partial charge is 0.348 e. The van der Waals surface area contributed by atoms with Gasteiger partial charge in [-0.3, -0.25) is 9.89 Å². The topological polar surface area (TPSA) is 82.7 Å². The van der Waals surface area contributed by atoms with Gasteiger partial charge in [0.15, 0.2) is 0 Å². The molecule has 16 heavy (non-hydrogen) atoms. The minimum atomic E-state index is -0.245. The van der Waals surface area contributed by atoms with E-state index in [-0.39, 0.29) is 11.3 Å². The van der Waals surface area contributed by atoms with Gasteiger partial charge in [0.1, 0.15) is 12.2 Å². The van der Waals surface area contributed by atoms with E-state index in [4.69, 9.17) is 0 Å². The molecule has 2 heterocycles. The van der Waals surface area contributed by atoms with E-state index in [1.54, 1.807) is 0 Å². The smallest absolute Gasteiger partial charge is 0.226 e. The summed E-state index contributed by atoms with van der Waals surface area (Å²) in [6.45, 7) is 4.25. The summed E-state index contributed by atoms with van der Waals surface area (Å²) in [5, 5.41) is 12.6. The maximum absolute atomic E-state index is 12.0. The molecule has 1 aliphatic rings. The van der Waals surface area contributed by atoms with Crippen molar-refractivity contribution in [2.45, 2.75) is 26.3 Å². The summed E-state index contributed by atoms with van der Waals surface area (Å²) in [5.41, 5.74) is -0.245. The average molecular weight is 223 g/mol. The Hall–Kier alpha value is -1.43. The Morgan fingerprint density at radius 2 is 2.31 bits per heavy atom. The number of H-pyrrole nitrogens is 1. The number of amides is 1. The van der Waals surface area contributed by atoms with E-state index in [2.05, 4.69) is 25.8 Å². The molecule has 1 fully saturated rings. The van der Waals surface area contributed by atoms with Crippen LogP contribution in [0, 0.1) is 5.41 Å². The fourth-order valence-corrected chi connectivity index (χ4v) is 1.90. The van der Waals surface area contributed by atoms with Gasteiger partial charge in [-0.1, -0.05) is 6.92 Å². The normalized spacial score (nSPS) is 19.3. The number of hydrogen-bond acceptors (Lipinski definition) is 4. The van der Waals surface area contributed by atoms with Crippen molar-refractivity contribution in [1.82, 2.24) is 25.8 Å². The van der Waals surface area contributed by atoms with E-state index in [9.17, 15) is 4.79 Å². The van der Waals surface area contributed by atoms with Crippen molar-refractivity contribution in [1.29, 1.82) is 0 Å². The van der Waals surface area contributed by atoms with E-state index in [1.807, 2.05) is 6.92 Å². The van der Waals surface area contributed by atoms with Crippen molar-refractivity contribution in [3.05, 3.63) is 12.2 Å². The van der Waals surface area contributed by atoms with Crippen molar-refractivity contribution in [2.24, 2.45) is 5.41 Å². The summed E-state index contributed by atoms with van der Waals surface area (Å²) in [7, 11) is 0. The molecule has 0 unspecified atom stereocenters. The first-order chi connectivity index (χ1) is 7.71. The molecule has 88 valence electrons. The van der Waals surface area contributed by atoms with Gasteiger partial charge in [-0.15, -0.1) is 0 Å². The van der Waals surface area contributed by atoms with E-state index in [0.717, 1.165) is 25.9 Å². The van der Waals surface area contributed by atoms with Gasteiger partial charge in [0.05, 0.1) is 6.54 Å². The quantitative estimate of drug-likeness (QED) is 0.663. The van der Waals surface area contributed by atoms with Crippen LogP contribution in [0.1, 0.15) is 25.6 Å². The maximum Gasteiger partial charge on any atom is 0.226 e. The highest BCUT2D eigenvalue weighted by Gasteiger charge is 2.34. The Morgan fingerprint density at radius 1 is 1.56 bits per heavy atom. The molecule has 0 aliphatic carbocycles. The van der Waals surface area contributed by atoms with Crippen LogP contribution in [-0.4, -0.2) is 34.2 Å². The summed E-state index contributed by atoms with van der Waals surface area (Å²) in [4.78, 5) is 16.0. The van der Waals surface area contributed by atoms with Gasteiger partial charge in [0.2, 0.25) is 5.91 Å². The van der Waals surface area contributed by atoms with Crippen LogP contribution in [0.3, 0.4) is 0 Å². The van der Waals surface area contributed by atoms with Crippen LogP contribution in [-0.2, 0) is 11.3 Å². The van der Waals surface area contributed by atoms with Crippen LogP contribution in [0.15, 0.2) is 6.33 Å². The molecule has 1 aromatic rings. The molecule has 1 amide bonds. The lowest BCUT2D eigenvalue weighted by atomic mass is 9.80. The summed E-state index contributed by atoms with van der Waals surface area (Å²) in [6, 6.07) is 0. The first kappa shape index (κ1) is 11.1. The molecule has 1 saturated heterocycles. The molecular weight excluding hydrogens is 206 g/mol. The van der Waals surface area contributed by atoms with Crippen LogP contribution in [0.2, 0.25) is 0 Å².